The van der Waals surface area contributed by atoms with Crippen molar-refractivity contribution < 1.29 is 14.1 Å². The summed E-state index contributed by atoms with van der Waals surface area (Å²) in [7, 11) is 0. The van der Waals surface area contributed by atoms with Gasteiger partial charge in [-0.1, -0.05) is 5.16 Å². The van der Waals surface area contributed by atoms with Gasteiger partial charge in [-0.3, -0.25) is 9.78 Å². The van der Waals surface area contributed by atoms with Gasteiger partial charge in [0.05, 0.1) is 12.3 Å². The van der Waals surface area contributed by atoms with E-state index in [9.17, 15) is 4.79 Å². The summed E-state index contributed by atoms with van der Waals surface area (Å²) in [6.07, 6.45) is 3.89. The number of rotatable bonds is 8. The summed E-state index contributed by atoms with van der Waals surface area (Å²) in [5, 5.41) is 9.21. The van der Waals surface area contributed by atoms with Crippen LogP contribution in [0.2, 0.25) is 0 Å². The Morgan fingerprint density at radius 2 is 1.90 bits per heavy atom. The minimum absolute atomic E-state index is 0.161. The van der Waals surface area contributed by atoms with Crippen LogP contribution >= 0.6 is 11.3 Å². The Morgan fingerprint density at radius 1 is 1.10 bits per heavy atom. The summed E-state index contributed by atoms with van der Waals surface area (Å²) in [6.45, 7) is 2.57. The summed E-state index contributed by atoms with van der Waals surface area (Å²) in [5.41, 5.74) is 2.58. The van der Waals surface area contributed by atoms with Crippen molar-refractivity contribution in [1.29, 1.82) is 0 Å². The normalized spacial score (nSPS) is 10.7. The molecule has 4 rings (SSSR count). The Hall–Kier alpha value is -3.59. The van der Waals surface area contributed by atoms with E-state index in [0.717, 1.165) is 22.6 Å². The fourth-order valence-corrected chi connectivity index (χ4v) is 3.47. The molecule has 9 heteroatoms. The molecule has 3 aromatic heterocycles. The number of nitrogens with one attached hydrogen (secondary N) is 1. The van der Waals surface area contributed by atoms with Gasteiger partial charge in [-0.15, -0.1) is 11.3 Å². The molecule has 3 heterocycles. The molecule has 0 saturated carbocycles. The third-order valence-corrected chi connectivity index (χ3v) is 4.94. The number of nitrogens with zero attached hydrogens (tertiary/aromatic N) is 4. The van der Waals surface area contributed by atoms with Gasteiger partial charge < -0.3 is 14.6 Å². The van der Waals surface area contributed by atoms with E-state index < -0.39 is 0 Å². The van der Waals surface area contributed by atoms with Gasteiger partial charge in [-0.25, -0.2) is 4.98 Å². The topological polar surface area (TPSA) is 103 Å². The Labute approximate surface area is 177 Å². The first-order chi connectivity index (χ1) is 14.7. The van der Waals surface area contributed by atoms with Crippen LogP contribution in [-0.2, 0) is 11.2 Å². The summed E-state index contributed by atoms with van der Waals surface area (Å²) in [4.78, 5) is 25.0. The number of ether oxygens (including phenoxy) is 1. The van der Waals surface area contributed by atoms with Crippen LogP contribution in [-0.4, -0.2) is 32.6 Å². The SMILES string of the molecule is CCOc1ccc(-c2csc(NC(=O)CCc3nc(-c4ccncc4)no3)n2)cc1. The predicted molar refractivity (Wildman–Crippen MR) is 113 cm³/mol. The summed E-state index contributed by atoms with van der Waals surface area (Å²) < 4.78 is 10.7. The van der Waals surface area contributed by atoms with E-state index in [0.29, 0.717) is 29.9 Å². The van der Waals surface area contributed by atoms with Crippen molar-refractivity contribution in [3.8, 4) is 28.4 Å². The zero-order valence-electron chi connectivity index (χ0n) is 16.2. The third kappa shape index (κ3) is 4.87. The molecule has 1 amide bonds. The molecule has 0 bridgehead atoms. The molecule has 4 aromatic rings. The Kier molecular flexibility index (Phi) is 6.09. The van der Waals surface area contributed by atoms with Crippen molar-refractivity contribution in [1.82, 2.24) is 20.1 Å². The first-order valence-corrected chi connectivity index (χ1v) is 10.3. The molecular formula is C21H19N5O3S. The number of hydrogen-bond acceptors (Lipinski definition) is 8. The molecule has 1 aromatic carbocycles. The lowest BCUT2D eigenvalue weighted by Gasteiger charge is -2.03. The van der Waals surface area contributed by atoms with Crippen molar-refractivity contribution in [3.63, 3.8) is 0 Å². The lowest BCUT2D eigenvalue weighted by molar-refractivity contribution is -0.116. The number of anilines is 1. The largest absolute Gasteiger partial charge is 0.494 e. The lowest BCUT2D eigenvalue weighted by Crippen LogP contribution is -2.12. The van der Waals surface area contributed by atoms with Gasteiger partial charge in [-0.05, 0) is 43.3 Å². The number of carbonyl (C=O) groups excluding carboxylic acids is 1. The smallest absolute Gasteiger partial charge is 0.227 e. The molecule has 1 N–H and O–H groups in total. The molecule has 8 nitrogen and oxygen atoms in total. The predicted octanol–water partition coefficient (Wildman–Crippen LogP) is 4.23. The van der Waals surface area contributed by atoms with E-state index >= 15 is 0 Å². The van der Waals surface area contributed by atoms with Gasteiger partial charge >= 0.3 is 0 Å². The number of thiazole rings is 1. The van der Waals surface area contributed by atoms with E-state index in [-0.39, 0.29) is 12.3 Å². The quantitative estimate of drug-likeness (QED) is 0.454. The molecule has 30 heavy (non-hydrogen) atoms. The Bertz CT molecular complexity index is 1110. The van der Waals surface area contributed by atoms with Gasteiger partial charge in [0.25, 0.3) is 0 Å². The monoisotopic (exact) mass is 421 g/mol. The van der Waals surface area contributed by atoms with Crippen LogP contribution in [0.25, 0.3) is 22.6 Å². The first kappa shape index (κ1) is 19.7. The number of pyridine rings is 1. The molecule has 0 saturated heterocycles. The first-order valence-electron chi connectivity index (χ1n) is 9.43. The van der Waals surface area contributed by atoms with Crippen molar-refractivity contribution in [2.75, 3.05) is 11.9 Å². The second-order valence-electron chi connectivity index (χ2n) is 6.29. The number of hydrogen-bond donors (Lipinski definition) is 1. The minimum Gasteiger partial charge on any atom is -0.494 e. The van der Waals surface area contributed by atoms with Gasteiger partial charge in [0.1, 0.15) is 5.75 Å². The zero-order valence-corrected chi connectivity index (χ0v) is 17.1. The van der Waals surface area contributed by atoms with Gasteiger partial charge in [0, 0.05) is 41.7 Å². The van der Waals surface area contributed by atoms with E-state index in [4.69, 9.17) is 9.26 Å². The van der Waals surface area contributed by atoms with Crippen LogP contribution in [0.1, 0.15) is 19.2 Å². The lowest BCUT2D eigenvalue weighted by atomic mass is 10.2. The van der Waals surface area contributed by atoms with E-state index in [1.807, 2.05) is 36.6 Å². The molecule has 152 valence electrons. The molecule has 0 aliphatic heterocycles. The highest BCUT2D eigenvalue weighted by Crippen LogP contribution is 2.26. The molecular weight excluding hydrogens is 402 g/mol. The highest BCUT2D eigenvalue weighted by molar-refractivity contribution is 7.14. The number of amides is 1. The van der Waals surface area contributed by atoms with E-state index in [1.165, 1.54) is 11.3 Å². The van der Waals surface area contributed by atoms with Crippen LogP contribution in [0.4, 0.5) is 5.13 Å². The van der Waals surface area contributed by atoms with E-state index in [1.54, 1.807) is 24.5 Å². The van der Waals surface area contributed by atoms with Gasteiger partial charge in [0.2, 0.25) is 17.6 Å². The molecule has 0 aliphatic carbocycles. The number of aryl methyl sites for hydroxylation is 1. The minimum atomic E-state index is -0.161. The maximum absolute atomic E-state index is 12.3. The number of carbonyl (C=O) groups is 1. The molecule has 0 aliphatic rings. The van der Waals surface area contributed by atoms with Crippen LogP contribution in [0.15, 0.2) is 58.7 Å². The Morgan fingerprint density at radius 3 is 2.67 bits per heavy atom. The van der Waals surface area contributed by atoms with Gasteiger partial charge in [0.15, 0.2) is 5.13 Å². The van der Waals surface area contributed by atoms with Crippen LogP contribution < -0.4 is 10.1 Å². The standard InChI is InChI=1S/C21H19N5O3S/c1-2-28-16-5-3-14(4-6-16)17-13-30-21(23-17)24-18(27)7-8-19-25-20(26-29-19)15-9-11-22-12-10-15/h3-6,9-13H,2,7-8H2,1H3,(H,23,24,27). The molecule has 0 spiro atoms. The summed E-state index contributed by atoms with van der Waals surface area (Å²) >= 11 is 1.38. The number of aromatic nitrogens is 4. The van der Waals surface area contributed by atoms with E-state index in [2.05, 4.69) is 25.4 Å². The van der Waals surface area contributed by atoms with Crippen LogP contribution in [0.5, 0.6) is 5.75 Å². The van der Waals surface area contributed by atoms with Gasteiger partial charge in [-0.2, -0.15) is 4.98 Å². The maximum atomic E-state index is 12.3. The highest BCUT2D eigenvalue weighted by atomic mass is 32.1. The highest BCUT2D eigenvalue weighted by Gasteiger charge is 2.12. The van der Waals surface area contributed by atoms with Crippen molar-refractivity contribution in [2.45, 2.75) is 19.8 Å². The van der Waals surface area contributed by atoms with Crippen molar-refractivity contribution >= 4 is 22.4 Å². The average molecular weight is 421 g/mol. The molecule has 0 fully saturated rings. The molecule has 0 unspecified atom stereocenters. The maximum Gasteiger partial charge on any atom is 0.227 e. The fourth-order valence-electron chi connectivity index (χ4n) is 2.73. The van der Waals surface area contributed by atoms with Crippen LogP contribution in [0.3, 0.4) is 0 Å². The summed E-state index contributed by atoms with van der Waals surface area (Å²) in [5.74, 6) is 1.54. The molecule has 0 atom stereocenters. The van der Waals surface area contributed by atoms with Crippen molar-refractivity contribution in [3.05, 3.63) is 60.1 Å². The number of benzene rings is 1. The summed E-state index contributed by atoms with van der Waals surface area (Å²) in [6, 6.07) is 11.3. The average Bonchev–Trinajstić information content (AvgIpc) is 3.44. The third-order valence-electron chi connectivity index (χ3n) is 4.18. The zero-order chi connectivity index (χ0) is 20.8. The molecule has 0 radical (unpaired) electrons. The van der Waals surface area contributed by atoms with Crippen molar-refractivity contribution in [2.24, 2.45) is 0 Å². The second kappa shape index (κ2) is 9.27. The Balaban J connectivity index is 1.31. The second-order valence-corrected chi connectivity index (χ2v) is 7.15. The van der Waals surface area contributed by atoms with Crippen LogP contribution in [0, 0.1) is 0 Å². The fraction of sp³-hybridized carbons (Fsp3) is 0.190.